The number of hydrogen-bond acceptors (Lipinski definition) is 4. The third kappa shape index (κ3) is 2.89. The lowest BCUT2D eigenvalue weighted by molar-refractivity contribution is 0.102. The highest BCUT2D eigenvalue weighted by molar-refractivity contribution is 7.14. The first-order chi connectivity index (χ1) is 10.5. The minimum absolute atomic E-state index is 0.293. The summed E-state index contributed by atoms with van der Waals surface area (Å²) in [5, 5.41) is 9.13. The molecule has 22 heavy (non-hydrogen) atoms. The number of hydrogen-bond donors (Lipinski definition) is 1. The molecule has 0 aliphatic rings. The van der Waals surface area contributed by atoms with Crippen molar-refractivity contribution in [2.75, 3.05) is 5.32 Å². The van der Waals surface area contributed by atoms with Crippen LogP contribution in [0.15, 0.2) is 35.7 Å². The molecule has 0 aliphatic heterocycles. The van der Waals surface area contributed by atoms with Crippen LogP contribution in [-0.2, 0) is 7.05 Å². The van der Waals surface area contributed by atoms with Gasteiger partial charge >= 0.3 is 0 Å². The Hall–Kier alpha value is -2.54. The number of halogens is 1. The van der Waals surface area contributed by atoms with E-state index in [1.165, 1.54) is 23.5 Å². The van der Waals surface area contributed by atoms with Gasteiger partial charge in [-0.25, -0.2) is 9.37 Å². The van der Waals surface area contributed by atoms with Gasteiger partial charge in [0.15, 0.2) is 10.8 Å². The Morgan fingerprint density at radius 3 is 2.68 bits per heavy atom. The van der Waals surface area contributed by atoms with Crippen molar-refractivity contribution in [1.82, 2.24) is 14.8 Å². The van der Waals surface area contributed by atoms with Crippen LogP contribution in [0.3, 0.4) is 0 Å². The normalized spacial score (nSPS) is 10.7. The predicted molar refractivity (Wildman–Crippen MR) is 83.4 cm³/mol. The Balaban J connectivity index is 1.76. The van der Waals surface area contributed by atoms with E-state index in [1.807, 2.05) is 12.3 Å². The molecule has 3 rings (SSSR count). The number of aromatic nitrogens is 3. The molecule has 5 nitrogen and oxygen atoms in total. The molecule has 0 saturated carbocycles. The molecule has 112 valence electrons. The van der Waals surface area contributed by atoms with Gasteiger partial charge in [0.2, 0.25) is 0 Å². The number of nitrogens with one attached hydrogen (secondary N) is 1. The van der Waals surface area contributed by atoms with Gasteiger partial charge < -0.3 is 0 Å². The van der Waals surface area contributed by atoms with Crippen LogP contribution in [-0.4, -0.2) is 20.7 Å². The maximum atomic E-state index is 12.9. The average Bonchev–Trinajstić information content (AvgIpc) is 3.08. The van der Waals surface area contributed by atoms with Crippen LogP contribution in [0.2, 0.25) is 0 Å². The fourth-order valence-corrected chi connectivity index (χ4v) is 2.63. The highest BCUT2D eigenvalue weighted by atomic mass is 32.1. The third-order valence-electron chi connectivity index (χ3n) is 3.21. The number of thiazole rings is 1. The summed E-state index contributed by atoms with van der Waals surface area (Å²) in [6.07, 6.45) is 0. The summed E-state index contributed by atoms with van der Waals surface area (Å²) < 4.78 is 14.6. The highest BCUT2D eigenvalue weighted by Crippen LogP contribution is 2.25. The number of benzene rings is 1. The fourth-order valence-electron chi connectivity index (χ4n) is 1.92. The van der Waals surface area contributed by atoms with Crippen molar-refractivity contribution in [3.05, 3.63) is 52.9 Å². The quantitative estimate of drug-likeness (QED) is 0.807. The van der Waals surface area contributed by atoms with Crippen molar-refractivity contribution >= 4 is 22.4 Å². The lowest BCUT2D eigenvalue weighted by atomic mass is 10.2. The maximum Gasteiger partial charge on any atom is 0.277 e. The largest absolute Gasteiger partial charge is 0.296 e. The van der Waals surface area contributed by atoms with Gasteiger partial charge in [0.25, 0.3) is 5.91 Å². The van der Waals surface area contributed by atoms with Gasteiger partial charge in [0.1, 0.15) is 5.82 Å². The van der Waals surface area contributed by atoms with Crippen molar-refractivity contribution in [2.24, 2.45) is 7.05 Å². The third-order valence-corrected chi connectivity index (χ3v) is 3.97. The Kier molecular flexibility index (Phi) is 3.72. The summed E-state index contributed by atoms with van der Waals surface area (Å²) >= 11 is 1.31. The number of rotatable bonds is 3. The van der Waals surface area contributed by atoms with Crippen LogP contribution in [0.4, 0.5) is 9.52 Å². The monoisotopic (exact) mass is 316 g/mol. The van der Waals surface area contributed by atoms with E-state index in [0.717, 1.165) is 11.3 Å². The van der Waals surface area contributed by atoms with Crippen molar-refractivity contribution < 1.29 is 9.18 Å². The van der Waals surface area contributed by atoms with E-state index in [1.54, 1.807) is 29.9 Å². The number of anilines is 1. The molecule has 2 aromatic heterocycles. The molecule has 7 heteroatoms. The van der Waals surface area contributed by atoms with E-state index in [0.29, 0.717) is 16.5 Å². The summed E-state index contributed by atoms with van der Waals surface area (Å²) in [7, 11) is 1.78. The topological polar surface area (TPSA) is 59.8 Å². The molecule has 0 unspecified atom stereocenters. The lowest BCUT2D eigenvalue weighted by Crippen LogP contribution is -2.12. The molecule has 0 saturated heterocycles. The highest BCUT2D eigenvalue weighted by Gasteiger charge is 2.13. The molecule has 1 amide bonds. The first kappa shape index (κ1) is 14.4. The molecular weight excluding hydrogens is 303 g/mol. The van der Waals surface area contributed by atoms with Gasteiger partial charge in [0, 0.05) is 23.7 Å². The molecule has 0 atom stereocenters. The van der Waals surface area contributed by atoms with Crippen LogP contribution in [0.5, 0.6) is 0 Å². The van der Waals surface area contributed by atoms with Gasteiger partial charge in [-0.15, -0.1) is 11.3 Å². The van der Waals surface area contributed by atoms with E-state index < -0.39 is 0 Å². The molecule has 0 aliphatic carbocycles. The zero-order valence-electron chi connectivity index (χ0n) is 12.0. The van der Waals surface area contributed by atoms with Gasteiger partial charge in [-0.2, -0.15) is 5.10 Å². The first-order valence-corrected chi connectivity index (χ1v) is 7.44. The summed E-state index contributed by atoms with van der Waals surface area (Å²) in [5.74, 6) is -0.596. The van der Waals surface area contributed by atoms with E-state index in [2.05, 4.69) is 15.4 Å². The van der Waals surface area contributed by atoms with Gasteiger partial charge in [-0.3, -0.25) is 14.8 Å². The molecule has 0 spiro atoms. The van der Waals surface area contributed by atoms with Crippen LogP contribution in [0, 0.1) is 12.7 Å². The second-order valence-corrected chi connectivity index (χ2v) is 5.65. The first-order valence-electron chi connectivity index (χ1n) is 6.56. The van der Waals surface area contributed by atoms with Crippen LogP contribution in [0.1, 0.15) is 16.2 Å². The Morgan fingerprint density at radius 2 is 2.05 bits per heavy atom. The number of carbonyl (C=O) groups excluding carboxylic acids is 1. The van der Waals surface area contributed by atoms with Crippen molar-refractivity contribution in [3.8, 4) is 11.3 Å². The van der Waals surface area contributed by atoms with Gasteiger partial charge in [-0.1, -0.05) is 0 Å². The summed E-state index contributed by atoms with van der Waals surface area (Å²) in [6, 6.07) is 7.77. The zero-order chi connectivity index (χ0) is 15.7. The van der Waals surface area contributed by atoms with Gasteiger partial charge in [-0.05, 0) is 37.3 Å². The predicted octanol–water partition coefficient (Wildman–Crippen LogP) is 3.24. The smallest absolute Gasteiger partial charge is 0.277 e. The second kappa shape index (κ2) is 5.69. The van der Waals surface area contributed by atoms with Crippen molar-refractivity contribution in [3.63, 3.8) is 0 Å². The Bertz CT molecular complexity index is 803. The molecule has 0 bridgehead atoms. The molecule has 1 N–H and O–H groups in total. The number of carbonyl (C=O) groups is 1. The number of nitrogens with zero attached hydrogens (tertiary/aromatic N) is 3. The Morgan fingerprint density at radius 1 is 1.32 bits per heavy atom. The molecule has 0 fully saturated rings. The molecular formula is C15H13FN4OS. The van der Waals surface area contributed by atoms with Crippen LogP contribution < -0.4 is 5.32 Å². The zero-order valence-corrected chi connectivity index (χ0v) is 12.8. The van der Waals surface area contributed by atoms with E-state index >= 15 is 0 Å². The number of aryl methyl sites for hydroxylation is 2. The number of amides is 1. The standard InChI is InChI=1S/C15H13FN4OS/c1-9-7-12(19-20(9)2)14(21)18-15-17-13(8-22-15)10-3-5-11(16)6-4-10/h3-8H,1-2H3,(H,17,18,21). The van der Waals surface area contributed by atoms with E-state index in [4.69, 9.17) is 0 Å². The van der Waals surface area contributed by atoms with Crippen molar-refractivity contribution in [2.45, 2.75) is 6.92 Å². The lowest BCUT2D eigenvalue weighted by Gasteiger charge is -1.98. The minimum Gasteiger partial charge on any atom is -0.296 e. The fraction of sp³-hybridized carbons (Fsp3) is 0.133. The molecule has 1 aromatic carbocycles. The van der Waals surface area contributed by atoms with E-state index in [-0.39, 0.29) is 11.7 Å². The SMILES string of the molecule is Cc1cc(C(=O)Nc2nc(-c3ccc(F)cc3)cs2)nn1C. The average molecular weight is 316 g/mol. The van der Waals surface area contributed by atoms with Crippen LogP contribution >= 0.6 is 11.3 Å². The summed E-state index contributed by atoms with van der Waals surface area (Å²) in [4.78, 5) is 16.4. The summed E-state index contributed by atoms with van der Waals surface area (Å²) in [5.41, 5.74) is 2.74. The Labute approximate surface area is 130 Å². The maximum absolute atomic E-state index is 12.9. The molecule has 0 radical (unpaired) electrons. The minimum atomic E-state index is -0.302. The van der Waals surface area contributed by atoms with Crippen LogP contribution in [0.25, 0.3) is 11.3 Å². The summed E-state index contributed by atoms with van der Waals surface area (Å²) in [6.45, 7) is 1.87. The molecule has 3 aromatic rings. The molecule has 2 heterocycles. The van der Waals surface area contributed by atoms with Crippen molar-refractivity contribution in [1.29, 1.82) is 0 Å². The second-order valence-electron chi connectivity index (χ2n) is 4.79. The van der Waals surface area contributed by atoms with Gasteiger partial charge in [0.05, 0.1) is 5.69 Å². The van der Waals surface area contributed by atoms with E-state index in [9.17, 15) is 9.18 Å².